The molecule has 1 N–H and O–H groups in total. The van der Waals surface area contributed by atoms with Crippen molar-refractivity contribution in [2.45, 2.75) is 32.4 Å². The molecule has 1 atom stereocenters. The minimum absolute atomic E-state index is 0.212. The number of carbonyl (C=O) groups excluding carboxylic acids is 1. The van der Waals surface area contributed by atoms with E-state index >= 15 is 0 Å². The zero-order valence-electron chi connectivity index (χ0n) is 17.3. The number of amides is 1. The standard InChI is InChI=1S/C24H24N4O3/c1-2-14-28-23(29)13-12-21(26-28)24(30)25-16-20-15-22(27-31-20)19-10-8-18(9-11-19)17-6-4-3-5-7-17/h3-13,20H,2,14-16H2,1H3,(H,25,30)/t20-/m1/s1. The van der Waals surface area contributed by atoms with Crippen LogP contribution in [0.2, 0.25) is 0 Å². The second-order valence-corrected chi connectivity index (χ2v) is 7.40. The van der Waals surface area contributed by atoms with Gasteiger partial charge in [-0.05, 0) is 29.2 Å². The molecule has 1 aliphatic heterocycles. The van der Waals surface area contributed by atoms with E-state index in [1.807, 2.05) is 37.3 Å². The molecule has 0 radical (unpaired) electrons. The Bertz CT molecular complexity index is 1140. The van der Waals surface area contributed by atoms with E-state index < -0.39 is 0 Å². The lowest BCUT2D eigenvalue weighted by atomic mass is 10.00. The number of oxime groups is 1. The first-order chi connectivity index (χ1) is 15.1. The summed E-state index contributed by atoms with van der Waals surface area (Å²) in [6.07, 6.45) is 1.13. The Hall–Kier alpha value is -3.74. The molecule has 0 unspecified atom stereocenters. The fraction of sp³-hybridized carbons (Fsp3) is 0.250. The zero-order chi connectivity index (χ0) is 21.6. The predicted molar refractivity (Wildman–Crippen MR) is 119 cm³/mol. The highest BCUT2D eigenvalue weighted by atomic mass is 16.6. The smallest absolute Gasteiger partial charge is 0.271 e. The van der Waals surface area contributed by atoms with E-state index in [0.29, 0.717) is 19.5 Å². The van der Waals surface area contributed by atoms with Crippen LogP contribution < -0.4 is 10.9 Å². The molecule has 7 nitrogen and oxygen atoms in total. The first kappa shape index (κ1) is 20.5. The van der Waals surface area contributed by atoms with Crippen molar-refractivity contribution >= 4 is 11.6 Å². The first-order valence-electron chi connectivity index (χ1n) is 10.4. The number of hydrogen-bond donors (Lipinski definition) is 1. The Balaban J connectivity index is 1.32. The third-order valence-electron chi connectivity index (χ3n) is 5.08. The Kier molecular flexibility index (Phi) is 6.21. The van der Waals surface area contributed by atoms with Gasteiger partial charge in [0.2, 0.25) is 0 Å². The summed E-state index contributed by atoms with van der Waals surface area (Å²) in [7, 11) is 0. The SMILES string of the molecule is CCCn1nc(C(=O)NC[C@H]2CC(c3ccc(-c4ccccc4)cc3)=NO2)ccc1=O. The number of aryl methyl sites for hydroxylation is 1. The van der Waals surface area contributed by atoms with Gasteiger partial charge in [-0.3, -0.25) is 9.59 Å². The van der Waals surface area contributed by atoms with Crippen LogP contribution in [0.4, 0.5) is 0 Å². The van der Waals surface area contributed by atoms with Crippen molar-refractivity contribution in [1.29, 1.82) is 0 Å². The van der Waals surface area contributed by atoms with Crippen LogP contribution in [0.1, 0.15) is 35.8 Å². The van der Waals surface area contributed by atoms with Gasteiger partial charge in [-0.1, -0.05) is 66.7 Å². The zero-order valence-corrected chi connectivity index (χ0v) is 17.3. The Labute approximate surface area is 180 Å². The fourth-order valence-corrected chi connectivity index (χ4v) is 3.43. The molecule has 2 aromatic carbocycles. The quantitative estimate of drug-likeness (QED) is 0.641. The molecule has 0 fully saturated rings. The van der Waals surface area contributed by atoms with Crippen LogP contribution in [0, 0.1) is 0 Å². The lowest BCUT2D eigenvalue weighted by Gasteiger charge is -2.10. The van der Waals surface area contributed by atoms with E-state index in [2.05, 4.69) is 39.8 Å². The van der Waals surface area contributed by atoms with Crippen molar-refractivity contribution in [2.24, 2.45) is 5.16 Å². The van der Waals surface area contributed by atoms with Crippen LogP contribution >= 0.6 is 0 Å². The molecule has 0 spiro atoms. The fourth-order valence-electron chi connectivity index (χ4n) is 3.43. The molecule has 2 heterocycles. The molecule has 7 heteroatoms. The van der Waals surface area contributed by atoms with Crippen molar-refractivity contribution in [3.05, 3.63) is 88.3 Å². The summed E-state index contributed by atoms with van der Waals surface area (Å²) in [5.74, 6) is -0.339. The molecule has 31 heavy (non-hydrogen) atoms. The molecule has 4 rings (SSSR count). The van der Waals surface area contributed by atoms with E-state index in [9.17, 15) is 9.59 Å². The van der Waals surface area contributed by atoms with Crippen molar-refractivity contribution in [3.63, 3.8) is 0 Å². The third kappa shape index (κ3) is 4.88. The molecule has 158 valence electrons. The number of nitrogens with one attached hydrogen (secondary N) is 1. The molecule has 1 aromatic heterocycles. The Morgan fingerprint density at radius 2 is 1.74 bits per heavy atom. The average molecular weight is 416 g/mol. The molecule has 0 saturated heterocycles. The maximum absolute atomic E-state index is 12.4. The van der Waals surface area contributed by atoms with Crippen LogP contribution in [-0.4, -0.2) is 34.0 Å². The summed E-state index contributed by atoms with van der Waals surface area (Å²) < 4.78 is 1.31. The summed E-state index contributed by atoms with van der Waals surface area (Å²) >= 11 is 0. The maximum Gasteiger partial charge on any atom is 0.271 e. The summed E-state index contributed by atoms with van der Waals surface area (Å²) in [6.45, 7) is 2.74. The van der Waals surface area contributed by atoms with Gasteiger partial charge < -0.3 is 10.2 Å². The van der Waals surface area contributed by atoms with Gasteiger partial charge in [-0.15, -0.1) is 0 Å². The van der Waals surface area contributed by atoms with Crippen LogP contribution in [0.25, 0.3) is 11.1 Å². The number of benzene rings is 2. The van der Waals surface area contributed by atoms with Gasteiger partial charge in [-0.25, -0.2) is 4.68 Å². The molecule has 3 aromatic rings. The summed E-state index contributed by atoms with van der Waals surface area (Å²) in [5.41, 5.74) is 4.16. The highest BCUT2D eigenvalue weighted by molar-refractivity contribution is 6.01. The topological polar surface area (TPSA) is 85.6 Å². The summed E-state index contributed by atoms with van der Waals surface area (Å²) in [5, 5.41) is 11.1. The monoisotopic (exact) mass is 416 g/mol. The molecule has 0 aliphatic carbocycles. The van der Waals surface area contributed by atoms with Gasteiger partial charge in [0.05, 0.1) is 12.3 Å². The summed E-state index contributed by atoms with van der Waals surface area (Å²) in [6, 6.07) is 21.2. The third-order valence-corrected chi connectivity index (χ3v) is 5.08. The number of nitrogens with zero attached hydrogens (tertiary/aromatic N) is 3. The lowest BCUT2D eigenvalue weighted by molar-refractivity contribution is 0.0750. The van der Waals surface area contributed by atoms with E-state index in [1.54, 1.807) is 0 Å². The van der Waals surface area contributed by atoms with Gasteiger partial charge in [-0.2, -0.15) is 5.10 Å². The second-order valence-electron chi connectivity index (χ2n) is 7.40. The Morgan fingerprint density at radius 1 is 1.03 bits per heavy atom. The van der Waals surface area contributed by atoms with E-state index in [0.717, 1.165) is 28.8 Å². The van der Waals surface area contributed by atoms with Gasteiger partial charge in [0.15, 0.2) is 0 Å². The van der Waals surface area contributed by atoms with Crippen molar-refractivity contribution in [3.8, 4) is 11.1 Å². The number of carbonyl (C=O) groups is 1. The van der Waals surface area contributed by atoms with Gasteiger partial charge in [0.25, 0.3) is 11.5 Å². The van der Waals surface area contributed by atoms with E-state index in [4.69, 9.17) is 4.84 Å². The molecule has 1 amide bonds. The molecular weight excluding hydrogens is 392 g/mol. The maximum atomic E-state index is 12.4. The second kappa shape index (κ2) is 9.38. The summed E-state index contributed by atoms with van der Waals surface area (Å²) in [4.78, 5) is 29.7. The average Bonchev–Trinajstić information content (AvgIpc) is 3.29. The van der Waals surface area contributed by atoms with E-state index in [-0.39, 0.29) is 23.3 Å². The number of hydrogen-bond acceptors (Lipinski definition) is 5. The molecule has 1 aliphatic rings. The van der Waals surface area contributed by atoms with Crippen LogP contribution in [0.5, 0.6) is 0 Å². The lowest BCUT2D eigenvalue weighted by Crippen LogP contribution is -2.34. The van der Waals surface area contributed by atoms with Crippen molar-refractivity contribution in [2.75, 3.05) is 6.54 Å². The van der Waals surface area contributed by atoms with E-state index in [1.165, 1.54) is 16.8 Å². The van der Waals surface area contributed by atoms with Crippen LogP contribution in [0.3, 0.4) is 0 Å². The highest BCUT2D eigenvalue weighted by Gasteiger charge is 2.23. The van der Waals surface area contributed by atoms with Gasteiger partial charge in [0.1, 0.15) is 11.8 Å². The normalized spacial score (nSPS) is 15.3. The van der Waals surface area contributed by atoms with Gasteiger partial charge in [0, 0.05) is 19.0 Å². The van der Waals surface area contributed by atoms with Crippen molar-refractivity contribution in [1.82, 2.24) is 15.1 Å². The molecular formula is C24H24N4O3. The molecule has 0 bridgehead atoms. The van der Waals surface area contributed by atoms with Gasteiger partial charge >= 0.3 is 0 Å². The minimum Gasteiger partial charge on any atom is -0.390 e. The largest absolute Gasteiger partial charge is 0.390 e. The van der Waals surface area contributed by atoms with Crippen LogP contribution in [-0.2, 0) is 11.4 Å². The molecule has 0 saturated carbocycles. The Morgan fingerprint density at radius 3 is 2.48 bits per heavy atom. The minimum atomic E-state index is -0.339. The number of aromatic nitrogens is 2. The first-order valence-corrected chi connectivity index (χ1v) is 10.4. The highest BCUT2D eigenvalue weighted by Crippen LogP contribution is 2.22. The number of rotatable bonds is 7. The predicted octanol–water partition coefficient (Wildman–Crippen LogP) is 3.24. The van der Waals surface area contributed by atoms with Crippen molar-refractivity contribution < 1.29 is 9.63 Å². The van der Waals surface area contributed by atoms with Crippen LogP contribution in [0.15, 0.2) is 76.7 Å².